The summed E-state index contributed by atoms with van der Waals surface area (Å²) in [6.07, 6.45) is 1.45. The molecule has 0 radical (unpaired) electrons. The first-order valence-electron chi connectivity index (χ1n) is 5.46. The Hall–Kier alpha value is -1.78. The highest BCUT2D eigenvalue weighted by Crippen LogP contribution is 2.12. The van der Waals surface area contributed by atoms with E-state index in [0.717, 1.165) is 18.1 Å². The monoisotopic (exact) mass is 220 g/mol. The van der Waals surface area contributed by atoms with E-state index >= 15 is 0 Å². The van der Waals surface area contributed by atoms with E-state index in [4.69, 9.17) is 0 Å². The van der Waals surface area contributed by atoms with Crippen molar-refractivity contribution in [3.8, 4) is 0 Å². The van der Waals surface area contributed by atoms with Gasteiger partial charge in [0.2, 0.25) is 5.91 Å². The number of carbonyl (C=O) groups excluding carboxylic acids is 1. The zero-order valence-corrected chi connectivity index (χ0v) is 9.29. The zero-order chi connectivity index (χ0) is 11.4. The molecule has 2 heterocycles. The summed E-state index contributed by atoms with van der Waals surface area (Å²) in [6, 6.07) is 6.06. The van der Waals surface area contributed by atoms with Crippen molar-refractivity contribution in [1.82, 2.24) is 10.3 Å². The van der Waals surface area contributed by atoms with Crippen LogP contribution in [0.2, 0.25) is 0 Å². The predicted molar refractivity (Wildman–Crippen MR) is 63.4 cm³/mol. The summed E-state index contributed by atoms with van der Waals surface area (Å²) in [7, 11) is 1.84. The molecule has 1 amide bonds. The molecule has 16 heavy (non-hydrogen) atoms. The number of anilines is 2. The van der Waals surface area contributed by atoms with Crippen LogP contribution in [0.15, 0.2) is 18.2 Å². The van der Waals surface area contributed by atoms with Gasteiger partial charge in [0.15, 0.2) is 0 Å². The van der Waals surface area contributed by atoms with E-state index < -0.39 is 0 Å². The highest BCUT2D eigenvalue weighted by molar-refractivity contribution is 5.77. The second-order valence-electron chi connectivity index (χ2n) is 3.84. The normalized spacial score (nSPS) is 20.1. The summed E-state index contributed by atoms with van der Waals surface area (Å²) >= 11 is 0. The van der Waals surface area contributed by atoms with Gasteiger partial charge in [0.1, 0.15) is 11.6 Å². The number of pyridine rings is 1. The van der Waals surface area contributed by atoms with Crippen LogP contribution in [0.1, 0.15) is 12.8 Å². The molecule has 1 aliphatic heterocycles. The highest BCUT2D eigenvalue weighted by Gasteiger charge is 2.17. The predicted octanol–water partition coefficient (Wildman–Crippen LogP) is 0.814. The molecule has 0 spiro atoms. The Morgan fingerprint density at radius 3 is 2.94 bits per heavy atom. The number of aromatic nitrogens is 1. The van der Waals surface area contributed by atoms with Crippen molar-refractivity contribution >= 4 is 17.5 Å². The Morgan fingerprint density at radius 1 is 1.44 bits per heavy atom. The Bertz CT molecular complexity index is 370. The maximum atomic E-state index is 11.0. The Kier molecular flexibility index (Phi) is 3.24. The quantitative estimate of drug-likeness (QED) is 0.705. The van der Waals surface area contributed by atoms with Gasteiger partial charge in [-0.15, -0.1) is 0 Å². The second kappa shape index (κ2) is 4.83. The SMILES string of the molecule is CNc1cccc(NC2CCC(=O)NC2)n1. The summed E-state index contributed by atoms with van der Waals surface area (Å²) in [5.74, 6) is 1.81. The molecule has 5 heteroatoms. The summed E-state index contributed by atoms with van der Waals surface area (Å²) in [4.78, 5) is 15.4. The van der Waals surface area contributed by atoms with E-state index in [0.29, 0.717) is 13.0 Å². The topological polar surface area (TPSA) is 66.0 Å². The van der Waals surface area contributed by atoms with Crippen LogP contribution in [0, 0.1) is 0 Å². The standard InChI is InChI=1S/C11H16N4O/c1-12-9-3-2-4-10(15-9)14-8-5-6-11(16)13-7-8/h2-4,8H,5-7H2,1H3,(H,13,16)(H2,12,14,15). The van der Waals surface area contributed by atoms with Crippen molar-refractivity contribution in [3.05, 3.63) is 18.2 Å². The van der Waals surface area contributed by atoms with E-state index in [1.54, 1.807) is 0 Å². The summed E-state index contributed by atoms with van der Waals surface area (Å²) in [5, 5.41) is 9.14. The van der Waals surface area contributed by atoms with Crippen molar-refractivity contribution in [2.24, 2.45) is 0 Å². The molecule has 0 saturated carbocycles. The smallest absolute Gasteiger partial charge is 0.220 e. The maximum Gasteiger partial charge on any atom is 0.220 e. The fourth-order valence-electron chi connectivity index (χ4n) is 1.72. The van der Waals surface area contributed by atoms with Gasteiger partial charge in [0, 0.05) is 26.1 Å². The van der Waals surface area contributed by atoms with Crippen LogP contribution in [-0.2, 0) is 4.79 Å². The van der Waals surface area contributed by atoms with Crippen molar-refractivity contribution < 1.29 is 4.79 Å². The van der Waals surface area contributed by atoms with Gasteiger partial charge in [-0.2, -0.15) is 0 Å². The van der Waals surface area contributed by atoms with Crippen molar-refractivity contribution in [1.29, 1.82) is 0 Å². The minimum atomic E-state index is 0.134. The van der Waals surface area contributed by atoms with Gasteiger partial charge in [-0.25, -0.2) is 4.98 Å². The zero-order valence-electron chi connectivity index (χ0n) is 9.29. The second-order valence-corrected chi connectivity index (χ2v) is 3.84. The molecular formula is C11H16N4O. The number of amides is 1. The van der Waals surface area contributed by atoms with Crippen LogP contribution in [-0.4, -0.2) is 30.5 Å². The summed E-state index contributed by atoms with van der Waals surface area (Å²) in [6.45, 7) is 0.671. The highest BCUT2D eigenvalue weighted by atomic mass is 16.1. The van der Waals surface area contributed by atoms with E-state index in [2.05, 4.69) is 20.9 Å². The molecule has 0 aliphatic carbocycles. The van der Waals surface area contributed by atoms with Crippen LogP contribution in [0.5, 0.6) is 0 Å². The summed E-state index contributed by atoms with van der Waals surface area (Å²) in [5.41, 5.74) is 0. The molecule has 1 aromatic rings. The number of rotatable bonds is 3. The molecule has 1 unspecified atom stereocenters. The lowest BCUT2D eigenvalue weighted by Crippen LogP contribution is -2.42. The molecule has 86 valence electrons. The van der Waals surface area contributed by atoms with Crippen LogP contribution in [0.3, 0.4) is 0 Å². The van der Waals surface area contributed by atoms with Crippen LogP contribution < -0.4 is 16.0 Å². The van der Waals surface area contributed by atoms with Gasteiger partial charge >= 0.3 is 0 Å². The van der Waals surface area contributed by atoms with E-state index in [1.165, 1.54) is 0 Å². The first kappa shape index (κ1) is 10.7. The average molecular weight is 220 g/mol. The van der Waals surface area contributed by atoms with Crippen LogP contribution in [0.25, 0.3) is 0 Å². The number of carbonyl (C=O) groups is 1. The number of nitrogens with zero attached hydrogens (tertiary/aromatic N) is 1. The van der Waals surface area contributed by atoms with Crippen LogP contribution >= 0.6 is 0 Å². The molecular weight excluding hydrogens is 204 g/mol. The van der Waals surface area contributed by atoms with Crippen molar-refractivity contribution in [2.75, 3.05) is 24.2 Å². The molecule has 0 aromatic carbocycles. The van der Waals surface area contributed by atoms with E-state index in [9.17, 15) is 4.79 Å². The Morgan fingerprint density at radius 2 is 2.25 bits per heavy atom. The number of nitrogens with one attached hydrogen (secondary N) is 3. The molecule has 1 aliphatic rings. The number of hydrogen-bond acceptors (Lipinski definition) is 4. The first-order valence-corrected chi connectivity index (χ1v) is 5.46. The van der Waals surface area contributed by atoms with Gasteiger partial charge in [-0.3, -0.25) is 4.79 Å². The maximum absolute atomic E-state index is 11.0. The van der Waals surface area contributed by atoms with Gasteiger partial charge in [0.05, 0.1) is 0 Å². The lowest BCUT2D eigenvalue weighted by Gasteiger charge is -2.24. The molecule has 5 nitrogen and oxygen atoms in total. The third-order valence-corrected chi connectivity index (χ3v) is 2.62. The number of piperidine rings is 1. The van der Waals surface area contributed by atoms with Gasteiger partial charge in [0.25, 0.3) is 0 Å². The summed E-state index contributed by atoms with van der Waals surface area (Å²) < 4.78 is 0. The third kappa shape index (κ3) is 2.62. The van der Waals surface area contributed by atoms with Crippen molar-refractivity contribution in [2.45, 2.75) is 18.9 Å². The molecule has 2 rings (SSSR count). The molecule has 0 bridgehead atoms. The lowest BCUT2D eigenvalue weighted by molar-refractivity contribution is -0.122. The largest absolute Gasteiger partial charge is 0.373 e. The van der Waals surface area contributed by atoms with E-state index in [1.807, 2.05) is 25.2 Å². The van der Waals surface area contributed by atoms with Gasteiger partial charge < -0.3 is 16.0 Å². The van der Waals surface area contributed by atoms with Crippen LogP contribution in [0.4, 0.5) is 11.6 Å². The average Bonchev–Trinajstić information content (AvgIpc) is 2.32. The molecule has 1 fully saturated rings. The number of hydrogen-bond donors (Lipinski definition) is 3. The fourth-order valence-corrected chi connectivity index (χ4v) is 1.72. The molecule has 3 N–H and O–H groups in total. The van der Waals surface area contributed by atoms with E-state index in [-0.39, 0.29) is 11.9 Å². The minimum Gasteiger partial charge on any atom is -0.373 e. The fraction of sp³-hybridized carbons (Fsp3) is 0.455. The van der Waals surface area contributed by atoms with Gasteiger partial charge in [-0.05, 0) is 18.6 Å². The third-order valence-electron chi connectivity index (χ3n) is 2.62. The van der Waals surface area contributed by atoms with Gasteiger partial charge in [-0.1, -0.05) is 6.07 Å². The molecule has 1 aromatic heterocycles. The molecule has 1 atom stereocenters. The Labute approximate surface area is 94.6 Å². The lowest BCUT2D eigenvalue weighted by atomic mass is 10.1. The molecule has 1 saturated heterocycles. The first-order chi connectivity index (χ1) is 7.78. The van der Waals surface area contributed by atoms with Crippen molar-refractivity contribution in [3.63, 3.8) is 0 Å². The Balaban J connectivity index is 1.95. The minimum absolute atomic E-state index is 0.134.